The summed E-state index contributed by atoms with van der Waals surface area (Å²) in [4.78, 5) is 11.8. The van der Waals surface area contributed by atoms with Crippen LogP contribution >= 0.6 is 0 Å². The maximum atomic E-state index is 11.8. The molecule has 4 heteroatoms. The Kier molecular flexibility index (Phi) is 6.46. The third-order valence-corrected chi connectivity index (χ3v) is 3.89. The minimum atomic E-state index is -0.153. The van der Waals surface area contributed by atoms with E-state index in [1.54, 1.807) is 0 Å². The number of para-hydroxylation sites is 1. The van der Waals surface area contributed by atoms with Gasteiger partial charge in [-0.15, -0.1) is 0 Å². The number of hydrogen-bond acceptors (Lipinski definition) is 3. The molecule has 0 fully saturated rings. The summed E-state index contributed by atoms with van der Waals surface area (Å²) in [5.74, 6) is -0.153. The van der Waals surface area contributed by atoms with Crippen molar-refractivity contribution in [2.75, 3.05) is 0 Å². The average molecular weight is 303 g/mol. The Bertz CT molecular complexity index is 603. The van der Waals surface area contributed by atoms with Gasteiger partial charge in [0.2, 0.25) is 0 Å². The molecular formula is C18H25NO3. The van der Waals surface area contributed by atoms with Gasteiger partial charge in [0, 0.05) is 23.6 Å². The predicted molar refractivity (Wildman–Crippen MR) is 87.3 cm³/mol. The highest BCUT2D eigenvalue weighted by Crippen LogP contribution is 2.21. The molecule has 0 aliphatic carbocycles. The summed E-state index contributed by atoms with van der Waals surface area (Å²) in [6.07, 6.45) is 7.94. The van der Waals surface area contributed by atoms with Crippen LogP contribution in [0, 0.1) is 0 Å². The number of carbonyl (C=O) groups is 1. The van der Waals surface area contributed by atoms with Gasteiger partial charge in [-0.2, -0.15) is 0 Å². The molecule has 1 heterocycles. The van der Waals surface area contributed by atoms with Gasteiger partial charge in [0.05, 0.1) is 12.1 Å². The number of hydrogen-bond donors (Lipinski definition) is 1. The van der Waals surface area contributed by atoms with Crippen molar-refractivity contribution in [3.8, 4) is 0 Å². The van der Waals surface area contributed by atoms with Crippen LogP contribution in [0.1, 0.15) is 51.0 Å². The van der Waals surface area contributed by atoms with Gasteiger partial charge in [-0.25, -0.2) is 0 Å². The number of aromatic nitrogens is 1. The molecule has 0 saturated heterocycles. The van der Waals surface area contributed by atoms with Gasteiger partial charge in [-0.3, -0.25) is 4.79 Å². The molecule has 0 bridgehead atoms. The Morgan fingerprint density at radius 2 is 1.95 bits per heavy atom. The van der Waals surface area contributed by atoms with Crippen LogP contribution in [0.25, 0.3) is 10.9 Å². The molecule has 0 spiro atoms. The lowest BCUT2D eigenvalue weighted by molar-refractivity contribution is -0.147. The fraction of sp³-hybridized carbons (Fsp3) is 0.500. The van der Waals surface area contributed by atoms with Gasteiger partial charge in [-0.1, -0.05) is 50.8 Å². The fourth-order valence-corrected chi connectivity index (χ4v) is 2.64. The number of unbranched alkanes of at least 4 members (excludes halogenated alkanes) is 4. The van der Waals surface area contributed by atoms with Crippen molar-refractivity contribution in [2.45, 2.75) is 58.8 Å². The summed E-state index contributed by atoms with van der Waals surface area (Å²) in [7, 11) is 0. The number of rotatable bonds is 9. The number of fused-ring (bicyclic) bond motifs is 1. The molecular weight excluding hydrogens is 278 g/mol. The van der Waals surface area contributed by atoms with E-state index in [4.69, 9.17) is 4.74 Å². The molecule has 0 aliphatic heterocycles. The van der Waals surface area contributed by atoms with Gasteiger partial charge in [-0.05, 0) is 12.5 Å². The first-order valence-corrected chi connectivity index (χ1v) is 8.09. The first-order chi connectivity index (χ1) is 10.8. The predicted octanol–water partition coefficient (Wildman–Crippen LogP) is 3.99. The second-order valence-corrected chi connectivity index (χ2v) is 5.61. The van der Waals surface area contributed by atoms with Crippen molar-refractivity contribution in [3.05, 3.63) is 36.0 Å². The van der Waals surface area contributed by atoms with Crippen LogP contribution < -0.4 is 0 Å². The molecule has 0 aliphatic rings. The third-order valence-electron chi connectivity index (χ3n) is 3.89. The van der Waals surface area contributed by atoms with Crippen molar-refractivity contribution < 1.29 is 14.6 Å². The first kappa shape index (κ1) is 16.6. The van der Waals surface area contributed by atoms with Gasteiger partial charge >= 0.3 is 5.97 Å². The smallest absolute Gasteiger partial charge is 0.307 e. The molecule has 1 N–H and O–H groups in total. The number of carbonyl (C=O) groups excluding carboxylic acids is 1. The third kappa shape index (κ3) is 4.34. The first-order valence-electron chi connectivity index (χ1n) is 8.09. The molecule has 2 aromatic rings. The van der Waals surface area contributed by atoms with Crippen molar-refractivity contribution in [2.24, 2.45) is 0 Å². The topological polar surface area (TPSA) is 51.5 Å². The molecule has 1 aromatic carbocycles. The zero-order valence-corrected chi connectivity index (χ0v) is 13.3. The Hall–Kier alpha value is -1.81. The zero-order valence-electron chi connectivity index (χ0n) is 13.3. The second-order valence-electron chi connectivity index (χ2n) is 5.61. The Morgan fingerprint density at radius 3 is 2.73 bits per heavy atom. The van der Waals surface area contributed by atoms with Gasteiger partial charge in [0.1, 0.15) is 0 Å². The largest absolute Gasteiger partial charge is 0.444 e. The summed E-state index contributed by atoms with van der Waals surface area (Å²) in [5, 5.41) is 10.4. The van der Waals surface area contributed by atoms with E-state index in [9.17, 15) is 9.90 Å². The van der Waals surface area contributed by atoms with Crippen LogP contribution in [0.4, 0.5) is 0 Å². The second kappa shape index (κ2) is 8.59. The van der Waals surface area contributed by atoms with Gasteiger partial charge in [0.15, 0.2) is 6.73 Å². The number of ether oxygens (including phenoxy) is 1. The number of aliphatic hydroxyl groups excluding tert-OH is 1. The lowest BCUT2D eigenvalue weighted by Crippen LogP contribution is -2.08. The number of benzene rings is 1. The highest BCUT2D eigenvalue weighted by atomic mass is 16.5. The van der Waals surface area contributed by atoms with E-state index in [2.05, 4.69) is 6.92 Å². The minimum absolute atomic E-state index is 0.0150. The van der Waals surface area contributed by atoms with Crippen LogP contribution in [0.5, 0.6) is 0 Å². The van der Waals surface area contributed by atoms with E-state index in [-0.39, 0.29) is 19.3 Å². The van der Waals surface area contributed by atoms with Crippen molar-refractivity contribution in [1.29, 1.82) is 0 Å². The molecule has 0 atom stereocenters. The van der Waals surface area contributed by atoms with E-state index in [0.29, 0.717) is 6.42 Å². The van der Waals surface area contributed by atoms with Crippen LogP contribution in [0.15, 0.2) is 30.5 Å². The molecule has 0 amide bonds. The van der Waals surface area contributed by atoms with E-state index < -0.39 is 0 Å². The number of nitrogens with zero attached hydrogens (tertiary/aromatic N) is 1. The molecule has 1 aromatic heterocycles. The zero-order chi connectivity index (χ0) is 15.8. The van der Waals surface area contributed by atoms with E-state index in [0.717, 1.165) is 29.3 Å². The van der Waals surface area contributed by atoms with Crippen LogP contribution in [-0.2, 0) is 22.9 Å². The van der Waals surface area contributed by atoms with Crippen molar-refractivity contribution in [1.82, 2.24) is 4.57 Å². The van der Waals surface area contributed by atoms with Crippen molar-refractivity contribution in [3.63, 3.8) is 0 Å². The van der Waals surface area contributed by atoms with Crippen LogP contribution in [0.3, 0.4) is 0 Å². The van der Waals surface area contributed by atoms with E-state index in [1.807, 2.05) is 35.0 Å². The Labute approximate surface area is 131 Å². The highest BCUT2D eigenvalue weighted by Gasteiger charge is 2.09. The summed E-state index contributed by atoms with van der Waals surface area (Å²) < 4.78 is 7.21. The lowest BCUT2D eigenvalue weighted by atomic mass is 10.1. The molecule has 4 nitrogen and oxygen atoms in total. The summed E-state index contributed by atoms with van der Waals surface area (Å²) in [6, 6.07) is 7.81. The highest BCUT2D eigenvalue weighted by molar-refractivity contribution is 5.83. The summed E-state index contributed by atoms with van der Waals surface area (Å²) in [6.45, 7) is 2.36. The quantitative estimate of drug-likeness (QED) is 0.563. The van der Waals surface area contributed by atoms with Crippen molar-refractivity contribution >= 4 is 16.9 Å². The number of aliphatic hydroxyl groups is 1. The molecule has 0 saturated carbocycles. The van der Waals surface area contributed by atoms with Gasteiger partial charge < -0.3 is 14.4 Å². The Morgan fingerprint density at radius 1 is 1.18 bits per heavy atom. The SMILES string of the molecule is CCCCCCCC(=O)OCn1cc(CO)c2ccccc21. The average Bonchev–Trinajstić information content (AvgIpc) is 2.91. The van der Waals surface area contributed by atoms with E-state index in [1.165, 1.54) is 19.3 Å². The van der Waals surface area contributed by atoms with Crippen LogP contribution in [-0.4, -0.2) is 15.6 Å². The fourth-order valence-electron chi connectivity index (χ4n) is 2.64. The normalized spacial score (nSPS) is 11.0. The monoisotopic (exact) mass is 303 g/mol. The maximum absolute atomic E-state index is 11.8. The molecule has 0 unspecified atom stereocenters. The maximum Gasteiger partial charge on any atom is 0.307 e. The van der Waals surface area contributed by atoms with E-state index >= 15 is 0 Å². The van der Waals surface area contributed by atoms with Crippen LogP contribution in [0.2, 0.25) is 0 Å². The molecule has 22 heavy (non-hydrogen) atoms. The molecule has 2 rings (SSSR count). The summed E-state index contributed by atoms with van der Waals surface area (Å²) in [5.41, 5.74) is 1.83. The summed E-state index contributed by atoms with van der Waals surface area (Å²) >= 11 is 0. The lowest BCUT2D eigenvalue weighted by Gasteiger charge is -2.07. The van der Waals surface area contributed by atoms with Gasteiger partial charge in [0.25, 0.3) is 0 Å². The number of esters is 1. The minimum Gasteiger partial charge on any atom is -0.444 e. The molecule has 0 radical (unpaired) electrons. The standard InChI is InChI=1S/C18H25NO3/c1-2-3-4-5-6-11-18(21)22-14-19-12-15(13-20)16-9-7-8-10-17(16)19/h7-10,12,20H,2-6,11,13-14H2,1H3. The Balaban J connectivity index is 1.85. The molecule has 120 valence electrons.